The second kappa shape index (κ2) is 6.28. The molecule has 1 aliphatic carbocycles. The van der Waals surface area contributed by atoms with Gasteiger partial charge in [0.15, 0.2) is 0 Å². The van der Waals surface area contributed by atoms with Crippen molar-refractivity contribution in [2.45, 2.75) is 58.7 Å². The van der Waals surface area contributed by atoms with E-state index < -0.39 is 0 Å². The molecule has 0 saturated carbocycles. The summed E-state index contributed by atoms with van der Waals surface area (Å²) in [5.74, 6) is 0. The Morgan fingerprint density at radius 3 is 3.05 bits per heavy atom. The minimum atomic E-state index is 0.520. The molecule has 0 amide bonds. The third kappa shape index (κ3) is 2.90. The Morgan fingerprint density at radius 2 is 2.29 bits per heavy atom. The highest BCUT2D eigenvalue weighted by Gasteiger charge is 2.27. The lowest BCUT2D eigenvalue weighted by atomic mass is 9.97. The van der Waals surface area contributed by atoms with E-state index in [9.17, 15) is 0 Å². The number of hydrogen-bond donors (Lipinski definition) is 0. The van der Waals surface area contributed by atoms with Crippen molar-refractivity contribution in [2.75, 3.05) is 7.05 Å². The molecule has 0 spiro atoms. The summed E-state index contributed by atoms with van der Waals surface area (Å²) in [6, 6.07) is 0.520. The second-order valence-corrected chi connectivity index (χ2v) is 6.88. The SMILES string of the molecule is CCc1nc2c(s1)[C@@H](N(C)Cc1cncn1CC)CCC2. The van der Waals surface area contributed by atoms with Crippen molar-refractivity contribution in [3.05, 3.63) is 33.8 Å². The predicted molar refractivity (Wildman–Crippen MR) is 86.5 cm³/mol. The normalized spacial score (nSPS) is 18.2. The van der Waals surface area contributed by atoms with Crippen molar-refractivity contribution in [1.29, 1.82) is 0 Å². The maximum absolute atomic E-state index is 4.81. The van der Waals surface area contributed by atoms with Crippen LogP contribution in [-0.2, 0) is 25.9 Å². The molecule has 0 saturated heterocycles. The van der Waals surface area contributed by atoms with E-state index in [2.05, 4.69) is 35.3 Å². The first kappa shape index (κ1) is 14.7. The molecule has 2 heterocycles. The van der Waals surface area contributed by atoms with E-state index in [1.807, 2.05) is 23.9 Å². The second-order valence-electron chi connectivity index (χ2n) is 5.77. The topological polar surface area (TPSA) is 34.0 Å². The van der Waals surface area contributed by atoms with Crippen LogP contribution in [0.25, 0.3) is 0 Å². The Balaban J connectivity index is 1.79. The number of fused-ring (bicyclic) bond motifs is 1. The van der Waals surface area contributed by atoms with Crippen molar-refractivity contribution in [3.63, 3.8) is 0 Å². The maximum atomic E-state index is 4.81. The predicted octanol–water partition coefficient (Wildman–Crippen LogP) is 3.43. The van der Waals surface area contributed by atoms with Crippen LogP contribution >= 0.6 is 11.3 Å². The van der Waals surface area contributed by atoms with E-state index in [-0.39, 0.29) is 0 Å². The van der Waals surface area contributed by atoms with Gasteiger partial charge in [0.05, 0.1) is 22.7 Å². The van der Waals surface area contributed by atoms with Crippen LogP contribution in [-0.4, -0.2) is 26.5 Å². The van der Waals surface area contributed by atoms with Gasteiger partial charge in [-0.3, -0.25) is 4.90 Å². The molecule has 3 rings (SSSR count). The summed E-state index contributed by atoms with van der Waals surface area (Å²) in [7, 11) is 2.23. The molecule has 0 aromatic carbocycles. The number of aromatic nitrogens is 3. The minimum Gasteiger partial charge on any atom is -0.334 e. The van der Waals surface area contributed by atoms with Crippen LogP contribution < -0.4 is 0 Å². The van der Waals surface area contributed by atoms with Crippen molar-refractivity contribution >= 4 is 11.3 Å². The summed E-state index contributed by atoms with van der Waals surface area (Å²) >= 11 is 1.92. The highest BCUT2D eigenvalue weighted by atomic mass is 32.1. The third-order valence-corrected chi connectivity index (χ3v) is 5.69. The summed E-state index contributed by atoms with van der Waals surface area (Å²) in [6.45, 7) is 6.31. The van der Waals surface area contributed by atoms with E-state index in [4.69, 9.17) is 4.98 Å². The van der Waals surface area contributed by atoms with Gasteiger partial charge in [0.2, 0.25) is 0 Å². The summed E-state index contributed by atoms with van der Waals surface area (Å²) in [4.78, 5) is 13.1. The number of aryl methyl sites for hydroxylation is 3. The average Bonchev–Trinajstić information content (AvgIpc) is 3.11. The first-order valence-corrected chi connectivity index (χ1v) is 8.72. The van der Waals surface area contributed by atoms with Gasteiger partial charge in [-0.15, -0.1) is 11.3 Å². The van der Waals surface area contributed by atoms with Gasteiger partial charge < -0.3 is 4.57 Å². The molecule has 114 valence electrons. The van der Waals surface area contributed by atoms with Gasteiger partial charge in [-0.2, -0.15) is 0 Å². The fourth-order valence-electron chi connectivity index (χ4n) is 3.15. The summed E-state index contributed by atoms with van der Waals surface area (Å²) in [6.07, 6.45) is 8.63. The lowest BCUT2D eigenvalue weighted by molar-refractivity contribution is 0.211. The van der Waals surface area contributed by atoms with E-state index in [1.165, 1.54) is 34.1 Å². The van der Waals surface area contributed by atoms with Gasteiger partial charge in [-0.1, -0.05) is 6.92 Å². The van der Waals surface area contributed by atoms with Gasteiger partial charge in [0.1, 0.15) is 0 Å². The highest BCUT2D eigenvalue weighted by Crippen LogP contribution is 2.38. The van der Waals surface area contributed by atoms with Crippen molar-refractivity contribution in [3.8, 4) is 0 Å². The largest absolute Gasteiger partial charge is 0.334 e. The van der Waals surface area contributed by atoms with Gasteiger partial charge in [-0.25, -0.2) is 9.97 Å². The first-order chi connectivity index (χ1) is 10.2. The van der Waals surface area contributed by atoms with Crippen LogP contribution in [0.5, 0.6) is 0 Å². The molecule has 0 fully saturated rings. The molecule has 0 bridgehead atoms. The zero-order valence-corrected chi connectivity index (χ0v) is 14.0. The summed E-state index contributed by atoms with van der Waals surface area (Å²) in [5, 5.41) is 1.29. The van der Waals surface area contributed by atoms with Crippen LogP contribution in [0.15, 0.2) is 12.5 Å². The standard InChI is InChI=1S/C16H24N4S/c1-4-15-18-13-7-6-8-14(16(13)21-15)19(3)10-12-9-17-11-20(12)5-2/h9,11,14H,4-8,10H2,1-3H3/t14-/m0/s1. The summed E-state index contributed by atoms with van der Waals surface area (Å²) < 4.78 is 2.23. The Morgan fingerprint density at radius 1 is 1.43 bits per heavy atom. The molecule has 0 radical (unpaired) electrons. The molecule has 1 aliphatic rings. The number of nitrogens with zero attached hydrogens (tertiary/aromatic N) is 4. The van der Waals surface area contributed by atoms with Crippen molar-refractivity contribution in [1.82, 2.24) is 19.4 Å². The zero-order chi connectivity index (χ0) is 14.8. The third-order valence-electron chi connectivity index (χ3n) is 4.35. The Bertz CT molecular complexity index is 601. The van der Waals surface area contributed by atoms with Gasteiger partial charge in [0.25, 0.3) is 0 Å². The van der Waals surface area contributed by atoms with E-state index in [1.54, 1.807) is 0 Å². The molecule has 4 nitrogen and oxygen atoms in total. The van der Waals surface area contributed by atoms with Gasteiger partial charge >= 0.3 is 0 Å². The van der Waals surface area contributed by atoms with E-state index in [0.717, 1.165) is 25.9 Å². The maximum Gasteiger partial charge on any atom is 0.0948 e. The molecule has 0 unspecified atom stereocenters. The fourth-order valence-corrected chi connectivity index (χ4v) is 4.40. The number of rotatable bonds is 5. The van der Waals surface area contributed by atoms with Gasteiger partial charge in [0, 0.05) is 30.2 Å². The molecule has 21 heavy (non-hydrogen) atoms. The van der Waals surface area contributed by atoms with E-state index in [0.29, 0.717) is 6.04 Å². The molecule has 2 aromatic heterocycles. The van der Waals surface area contributed by atoms with Crippen LogP contribution in [0.3, 0.4) is 0 Å². The average molecular weight is 304 g/mol. The minimum absolute atomic E-state index is 0.520. The Labute approximate surface area is 130 Å². The van der Waals surface area contributed by atoms with E-state index >= 15 is 0 Å². The van der Waals surface area contributed by atoms with Crippen LogP contribution in [0.1, 0.15) is 54.0 Å². The quantitative estimate of drug-likeness (QED) is 0.848. The fraction of sp³-hybridized carbons (Fsp3) is 0.625. The molecule has 5 heteroatoms. The molecule has 0 N–H and O–H groups in total. The highest BCUT2D eigenvalue weighted by molar-refractivity contribution is 7.11. The number of thiazole rings is 1. The monoisotopic (exact) mass is 304 g/mol. The zero-order valence-electron chi connectivity index (χ0n) is 13.2. The lowest BCUT2D eigenvalue weighted by Gasteiger charge is -2.30. The van der Waals surface area contributed by atoms with Gasteiger partial charge in [-0.05, 0) is 39.7 Å². The number of hydrogen-bond acceptors (Lipinski definition) is 4. The van der Waals surface area contributed by atoms with Crippen LogP contribution in [0.2, 0.25) is 0 Å². The molecule has 2 aromatic rings. The van der Waals surface area contributed by atoms with Crippen molar-refractivity contribution in [2.24, 2.45) is 0 Å². The van der Waals surface area contributed by atoms with Crippen LogP contribution in [0.4, 0.5) is 0 Å². The lowest BCUT2D eigenvalue weighted by Crippen LogP contribution is -2.27. The number of imidazole rings is 1. The Kier molecular flexibility index (Phi) is 4.40. The molecule has 1 atom stereocenters. The van der Waals surface area contributed by atoms with Crippen LogP contribution in [0, 0.1) is 0 Å². The van der Waals surface area contributed by atoms with Crippen molar-refractivity contribution < 1.29 is 0 Å². The molecule has 0 aliphatic heterocycles. The smallest absolute Gasteiger partial charge is 0.0948 e. The first-order valence-electron chi connectivity index (χ1n) is 7.90. The Hall–Kier alpha value is -1.20. The molecular weight excluding hydrogens is 280 g/mol. The molecular formula is C16H24N4S. The summed E-state index contributed by atoms with van der Waals surface area (Å²) in [5.41, 5.74) is 2.65.